The van der Waals surface area contributed by atoms with Crippen molar-refractivity contribution < 1.29 is 53.0 Å². The van der Waals surface area contributed by atoms with Gasteiger partial charge in [-0.15, -0.1) is 5.92 Å². The van der Waals surface area contributed by atoms with Gasteiger partial charge in [-0.1, -0.05) is 13.8 Å². The molecule has 0 spiro atoms. The molecule has 0 N–H and O–H groups in total. The molecule has 1 aliphatic rings. The molecule has 1 saturated heterocycles. The Bertz CT molecular complexity index is 207. The van der Waals surface area contributed by atoms with E-state index in [2.05, 4.69) is 6.92 Å². The molecule has 1 amide bonds. The van der Waals surface area contributed by atoms with E-state index >= 15 is 0 Å². The van der Waals surface area contributed by atoms with E-state index in [1.165, 1.54) is 0 Å². The fourth-order valence-corrected chi connectivity index (χ4v) is 1.32. The molecule has 3 nitrogen and oxygen atoms in total. The summed E-state index contributed by atoms with van der Waals surface area (Å²) < 4.78 is 5.23. The predicted octanol–water partition coefficient (Wildman–Crippen LogP) is -0.285. The number of rotatable bonds is 0. The molecule has 1 rings (SSSR count). The van der Waals surface area contributed by atoms with E-state index in [0.29, 0.717) is 5.92 Å². The van der Waals surface area contributed by atoms with Gasteiger partial charge in [0.1, 0.15) is 5.60 Å². The predicted molar refractivity (Wildman–Crippen MR) is 58.0 cm³/mol. The maximum Gasteiger partial charge on any atom is 2.00 e. The molecule has 0 aromatic heterocycles. The minimum Gasteiger partial charge on any atom is -1.00 e. The summed E-state index contributed by atoms with van der Waals surface area (Å²) in [6.07, 6.45) is 0.776. The second kappa shape index (κ2) is 8.68. The fourth-order valence-electron chi connectivity index (χ4n) is 1.32. The van der Waals surface area contributed by atoms with Gasteiger partial charge in [0, 0.05) is 6.54 Å². The Hall–Kier alpha value is 0.623. The van der Waals surface area contributed by atoms with Gasteiger partial charge >= 0.3 is 25.6 Å². The van der Waals surface area contributed by atoms with Crippen LogP contribution in [0.2, 0.25) is 0 Å². The number of carbonyl (C=O) groups is 1. The summed E-state index contributed by atoms with van der Waals surface area (Å²) >= 11 is 0. The summed E-state index contributed by atoms with van der Waals surface area (Å²) in [5, 5.41) is 0. The standard InChI is InChI=1S/C10H18NO2.CH4.HI.Zn/c1-8-5-6-11(7-8)9(12)13-10(2,3)4;;;/h8H,1,5-7H2,2-4H3;1H4;1H;/q-1;;;+2/p-1/t8-;;;/m1.../s1. The second-order valence-electron chi connectivity index (χ2n) is 4.58. The van der Waals surface area contributed by atoms with Gasteiger partial charge in [0.15, 0.2) is 0 Å². The van der Waals surface area contributed by atoms with Crippen LogP contribution in [0.15, 0.2) is 0 Å². The SMILES string of the molecule is C.[CH2-][C@@H]1CCN(C(=O)OC(C)(C)C)C1.[I-].[Zn+2]. The van der Waals surface area contributed by atoms with E-state index in [1.807, 2.05) is 20.8 Å². The molecule has 0 unspecified atom stereocenters. The van der Waals surface area contributed by atoms with Crippen molar-refractivity contribution in [2.75, 3.05) is 13.1 Å². The van der Waals surface area contributed by atoms with Crippen LogP contribution in [0.4, 0.5) is 4.79 Å². The van der Waals surface area contributed by atoms with Crippen molar-refractivity contribution in [2.24, 2.45) is 5.92 Å². The minimum absolute atomic E-state index is 0. The van der Waals surface area contributed by atoms with Crippen molar-refractivity contribution in [1.29, 1.82) is 0 Å². The van der Waals surface area contributed by atoms with Gasteiger partial charge in [0.05, 0.1) is 0 Å². The van der Waals surface area contributed by atoms with Gasteiger partial charge in [-0.3, -0.25) is 0 Å². The number of likely N-dealkylation sites (tertiary alicyclic amines) is 1. The monoisotopic (exact) mass is 391 g/mol. The molecule has 0 aromatic rings. The molecule has 0 aromatic carbocycles. The Labute approximate surface area is 129 Å². The minimum atomic E-state index is -0.393. The Morgan fingerprint density at radius 1 is 1.44 bits per heavy atom. The van der Waals surface area contributed by atoms with Gasteiger partial charge in [-0.25, -0.2) is 4.79 Å². The number of amides is 1. The smallest absolute Gasteiger partial charge is 1.00 e. The molecule has 1 aliphatic heterocycles. The van der Waals surface area contributed by atoms with Crippen LogP contribution < -0.4 is 24.0 Å². The number of carbonyl (C=O) groups excluding carboxylic acids is 1. The normalized spacial score (nSPS) is 19.0. The van der Waals surface area contributed by atoms with Crippen LogP contribution in [0, 0.1) is 12.8 Å². The first-order chi connectivity index (χ1) is 5.88. The van der Waals surface area contributed by atoms with Gasteiger partial charge in [-0.05, 0) is 27.3 Å². The molecule has 92 valence electrons. The van der Waals surface area contributed by atoms with Crippen molar-refractivity contribution >= 4 is 6.09 Å². The summed E-state index contributed by atoms with van der Waals surface area (Å²) in [5.41, 5.74) is -0.393. The van der Waals surface area contributed by atoms with Crippen molar-refractivity contribution in [1.82, 2.24) is 4.90 Å². The van der Waals surface area contributed by atoms with E-state index in [-0.39, 0.29) is 57.0 Å². The Morgan fingerprint density at radius 2 is 1.94 bits per heavy atom. The summed E-state index contributed by atoms with van der Waals surface area (Å²) in [6, 6.07) is 0. The van der Waals surface area contributed by atoms with E-state index in [0.717, 1.165) is 19.5 Å². The number of halogens is 1. The average molecular weight is 393 g/mol. The molecule has 0 saturated carbocycles. The van der Waals surface area contributed by atoms with Crippen molar-refractivity contribution in [3.05, 3.63) is 6.92 Å². The zero-order chi connectivity index (χ0) is 10.1. The first-order valence-electron chi connectivity index (χ1n) is 4.69. The number of nitrogens with zero attached hydrogens (tertiary/aromatic N) is 1. The molecule has 5 heteroatoms. The maximum atomic E-state index is 11.5. The number of ether oxygens (including phenoxy) is 1. The average Bonchev–Trinajstić information content (AvgIpc) is 2.31. The molecule has 1 heterocycles. The Kier molecular flexibility index (Phi) is 11.9. The summed E-state index contributed by atoms with van der Waals surface area (Å²) in [7, 11) is 0. The van der Waals surface area contributed by atoms with Gasteiger partial charge < -0.3 is 40.5 Å². The van der Waals surface area contributed by atoms with Gasteiger partial charge in [-0.2, -0.15) is 0 Å². The molecule has 0 radical (unpaired) electrons. The van der Waals surface area contributed by atoms with Crippen molar-refractivity contribution in [2.45, 2.75) is 40.2 Å². The zero-order valence-corrected chi connectivity index (χ0v) is 14.9. The molecule has 0 bridgehead atoms. The van der Waals surface area contributed by atoms with Crippen LogP contribution in [0.25, 0.3) is 0 Å². The number of hydrogen-bond acceptors (Lipinski definition) is 2. The molecular formula is C11H22INO2Zn. The van der Waals surface area contributed by atoms with Crippen LogP contribution >= 0.6 is 0 Å². The number of hydrogen-bond donors (Lipinski definition) is 0. The van der Waals surface area contributed by atoms with Crippen LogP contribution in [-0.4, -0.2) is 29.7 Å². The van der Waals surface area contributed by atoms with Crippen molar-refractivity contribution in [3.8, 4) is 0 Å². The topological polar surface area (TPSA) is 29.5 Å². The largest absolute Gasteiger partial charge is 2.00 e. The van der Waals surface area contributed by atoms with Crippen molar-refractivity contribution in [3.63, 3.8) is 0 Å². The third-order valence-corrected chi connectivity index (χ3v) is 1.94. The van der Waals surface area contributed by atoms with Crippen LogP contribution in [-0.2, 0) is 24.2 Å². The zero-order valence-electron chi connectivity index (χ0n) is 9.75. The Morgan fingerprint density at radius 3 is 2.25 bits per heavy atom. The van der Waals surface area contributed by atoms with Gasteiger partial charge in [0.2, 0.25) is 0 Å². The molecule has 1 fully saturated rings. The first kappa shape index (κ1) is 21.9. The fraction of sp³-hybridized carbons (Fsp3) is 0.818. The Balaban J connectivity index is -0.000000563. The van der Waals surface area contributed by atoms with E-state index in [9.17, 15) is 4.79 Å². The van der Waals surface area contributed by atoms with Gasteiger partial charge in [0.25, 0.3) is 0 Å². The van der Waals surface area contributed by atoms with Crippen LogP contribution in [0.5, 0.6) is 0 Å². The van der Waals surface area contributed by atoms with Crippen LogP contribution in [0.1, 0.15) is 34.6 Å². The molecule has 16 heavy (non-hydrogen) atoms. The van der Waals surface area contributed by atoms with E-state index in [1.54, 1.807) is 4.90 Å². The second-order valence-corrected chi connectivity index (χ2v) is 4.58. The molecule has 0 aliphatic carbocycles. The van der Waals surface area contributed by atoms with Crippen LogP contribution in [0.3, 0.4) is 0 Å². The summed E-state index contributed by atoms with van der Waals surface area (Å²) in [6.45, 7) is 11.1. The third-order valence-electron chi connectivity index (χ3n) is 1.94. The quantitative estimate of drug-likeness (QED) is 0.322. The van der Waals surface area contributed by atoms with E-state index in [4.69, 9.17) is 4.74 Å². The summed E-state index contributed by atoms with van der Waals surface area (Å²) in [5.74, 6) is 0.368. The van der Waals surface area contributed by atoms with E-state index < -0.39 is 5.60 Å². The summed E-state index contributed by atoms with van der Waals surface area (Å²) in [4.78, 5) is 13.2. The third kappa shape index (κ3) is 7.83. The molecule has 1 atom stereocenters. The maximum absolute atomic E-state index is 11.5. The molecular weight excluding hydrogens is 370 g/mol. The first-order valence-corrected chi connectivity index (χ1v) is 4.69.